The van der Waals surface area contributed by atoms with Gasteiger partial charge in [-0.15, -0.1) is 0 Å². The van der Waals surface area contributed by atoms with Crippen LogP contribution in [0.4, 0.5) is 70.2 Å². The molecule has 1 amide bonds. The van der Waals surface area contributed by atoms with Gasteiger partial charge in [0.1, 0.15) is 0 Å². The molecule has 0 aliphatic carbocycles. The van der Waals surface area contributed by atoms with Gasteiger partial charge in [-0.2, -0.15) is 61.5 Å². The van der Waals surface area contributed by atoms with E-state index >= 15 is 0 Å². The molecule has 0 saturated heterocycles. The van der Waals surface area contributed by atoms with E-state index in [0.717, 1.165) is 19.2 Å². The fourth-order valence-corrected chi connectivity index (χ4v) is 1.63. The van der Waals surface area contributed by atoms with Crippen molar-refractivity contribution in [3.8, 4) is 0 Å². The predicted octanol–water partition coefficient (Wildman–Crippen LogP) is 5.22. The molecule has 180 valence electrons. The van der Waals surface area contributed by atoms with Crippen molar-refractivity contribution in [2.24, 2.45) is 0 Å². The van der Waals surface area contributed by atoms with Crippen molar-refractivity contribution >= 4 is 5.91 Å². The highest BCUT2D eigenvalue weighted by atomic mass is 19.4. The zero-order chi connectivity index (χ0) is 24.9. The van der Waals surface area contributed by atoms with Gasteiger partial charge in [0.25, 0.3) is 5.91 Å². The number of halogens is 16. The van der Waals surface area contributed by atoms with Crippen LogP contribution in [-0.2, 0) is 4.79 Å². The molecule has 0 radical (unpaired) electrons. The van der Waals surface area contributed by atoms with Crippen LogP contribution in [-0.4, -0.2) is 59.8 Å². The zero-order valence-corrected chi connectivity index (χ0v) is 14.1. The summed E-state index contributed by atoms with van der Waals surface area (Å²) in [5.74, 6) is -59.3. The second-order valence-electron chi connectivity index (χ2n) is 6.00. The molecule has 30 heavy (non-hydrogen) atoms. The van der Waals surface area contributed by atoms with Crippen LogP contribution in [0, 0.1) is 0 Å². The summed E-state index contributed by atoms with van der Waals surface area (Å²) in [6, 6.07) is -1.55. The molecule has 0 fully saturated rings. The van der Waals surface area contributed by atoms with Crippen molar-refractivity contribution in [2.75, 3.05) is 0 Å². The zero-order valence-electron chi connectivity index (χ0n) is 14.1. The standard InChI is InChI=1S/C12H9F16NO/c1-3(2)29-5(30)7(17,18)9(21,22)11(25,26)12(27,28)10(23,24)8(19,20)6(15,16)4(13)14/h3-4H,1-2H3,(H,29,30). The van der Waals surface area contributed by atoms with Crippen LogP contribution in [0.3, 0.4) is 0 Å². The lowest BCUT2D eigenvalue weighted by Crippen LogP contribution is -2.74. The number of alkyl halides is 16. The summed E-state index contributed by atoms with van der Waals surface area (Å²) in [5, 5.41) is 0.819. The minimum atomic E-state index is -8.51. The summed E-state index contributed by atoms with van der Waals surface area (Å²) in [6.07, 6.45) is -5.90. The Balaban J connectivity index is 6.63. The van der Waals surface area contributed by atoms with Crippen LogP contribution in [0.15, 0.2) is 0 Å². The molecule has 0 bridgehead atoms. The molecule has 0 rings (SSSR count). The highest BCUT2D eigenvalue weighted by Gasteiger charge is 2.94. The van der Waals surface area contributed by atoms with Gasteiger partial charge in [-0.1, -0.05) is 0 Å². The normalized spacial score (nSPS) is 15.7. The van der Waals surface area contributed by atoms with E-state index in [1.54, 1.807) is 0 Å². The number of nitrogens with one attached hydrogen (secondary N) is 1. The van der Waals surface area contributed by atoms with Gasteiger partial charge in [0.2, 0.25) is 0 Å². The number of carbonyl (C=O) groups excluding carboxylic acids is 1. The minimum absolute atomic E-state index is 0.750. The second kappa shape index (κ2) is 7.49. The second-order valence-corrected chi connectivity index (χ2v) is 6.00. The average molecular weight is 487 g/mol. The lowest BCUT2D eigenvalue weighted by molar-refractivity contribution is -0.443. The monoisotopic (exact) mass is 487 g/mol. The van der Waals surface area contributed by atoms with Crippen LogP contribution in [0.2, 0.25) is 0 Å². The Morgan fingerprint density at radius 3 is 1.20 bits per heavy atom. The maximum absolute atomic E-state index is 13.4. The lowest BCUT2D eigenvalue weighted by Gasteiger charge is -2.42. The third-order valence-corrected chi connectivity index (χ3v) is 3.37. The van der Waals surface area contributed by atoms with Crippen LogP contribution in [0.5, 0.6) is 0 Å². The number of carbonyl (C=O) groups is 1. The number of amides is 1. The molecular weight excluding hydrogens is 478 g/mol. The van der Waals surface area contributed by atoms with E-state index in [-0.39, 0.29) is 0 Å². The molecule has 0 unspecified atom stereocenters. The molecule has 18 heteroatoms. The Bertz CT molecular complexity index is 640. The van der Waals surface area contributed by atoms with Gasteiger partial charge < -0.3 is 5.32 Å². The third kappa shape index (κ3) is 3.62. The van der Waals surface area contributed by atoms with E-state index in [1.165, 1.54) is 0 Å². The van der Waals surface area contributed by atoms with Crippen molar-refractivity contribution in [2.45, 2.75) is 67.8 Å². The first-order valence-corrected chi connectivity index (χ1v) is 7.02. The molecule has 1 N–H and O–H groups in total. The van der Waals surface area contributed by atoms with Crippen molar-refractivity contribution in [1.82, 2.24) is 5.32 Å². The highest BCUT2D eigenvalue weighted by molar-refractivity contribution is 5.85. The molecule has 0 atom stereocenters. The lowest BCUT2D eigenvalue weighted by atomic mass is 9.89. The molecule has 0 aliphatic heterocycles. The van der Waals surface area contributed by atoms with Crippen molar-refractivity contribution in [3.63, 3.8) is 0 Å². The van der Waals surface area contributed by atoms with Gasteiger partial charge in [-0.3, -0.25) is 4.79 Å². The summed E-state index contributed by atoms with van der Waals surface area (Å²) in [4.78, 5) is 10.9. The minimum Gasteiger partial charge on any atom is -0.348 e. The molecule has 2 nitrogen and oxygen atoms in total. The van der Waals surface area contributed by atoms with Crippen LogP contribution in [0.1, 0.15) is 13.8 Å². The molecule has 0 aromatic heterocycles. The summed E-state index contributed by atoms with van der Waals surface area (Å²) < 4.78 is 208. The summed E-state index contributed by atoms with van der Waals surface area (Å²) in [5.41, 5.74) is 0. The van der Waals surface area contributed by atoms with Crippen molar-refractivity contribution in [3.05, 3.63) is 0 Å². The fraction of sp³-hybridized carbons (Fsp3) is 0.917. The van der Waals surface area contributed by atoms with Crippen LogP contribution < -0.4 is 5.32 Å². The first kappa shape index (κ1) is 28.3. The summed E-state index contributed by atoms with van der Waals surface area (Å²) in [6.45, 7) is 1.50. The number of hydrogen-bond acceptors (Lipinski definition) is 1. The quantitative estimate of drug-likeness (QED) is 0.444. The number of hydrogen-bond donors (Lipinski definition) is 1. The smallest absolute Gasteiger partial charge is 0.348 e. The molecule has 0 aromatic rings. The predicted molar refractivity (Wildman–Crippen MR) is 63.9 cm³/mol. The van der Waals surface area contributed by atoms with Gasteiger partial charge >= 0.3 is 47.9 Å². The van der Waals surface area contributed by atoms with E-state index in [4.69, 9.17) is 0 Å². The number of rotatable bonds is 9. The third-order valence-electron chi connectivity index (χ3n) is 3.37. The molecule has 0 heterocycles. The maximum atomic E-state index is 13.4. The molecule has 0 aromatic carbocycles. The van der Waals surface area contributed by atoms with Crippen molar-refractivity contribution in [1.29, 1.82) is 0 Å². The van der Waals surface area contributed by atoms with E-state index in [0.29, 0.717) is 0 Å². The largest absolute Gasteiger partial charge is 0.392 e. The molecular formula is C12H9F16NO. The van der Waals surface area contributed by atoms with E-state index in [9.17, 15) is 75.0 Å². The first-order valence-electron chi connectivity index (χ1n) is 7.02. The Morgan fingerprint density at radius 1 is 0.600 bits per heavy atom. The Morgan fingerprint density at radius 2 is 0.900 bits per heavy atom. The molecule has 0 spiro atoms. The Kier molecular flexibility index (Phi) is 7.08. The molecule has 0 saturated carbocycles. The van der Waals surface area contributed by atoms with E-state index in [1.807, 2.05) is 0 Å². The maximum Gasteiger partial charge on any atom is 0.392 e. The fourth-order valence-electron chi connectivity index (χ4n) is 1.63. The van der Waals surface area contributed by atoms with Crippen LogP contribution >= 0.6 is 0 Å². The highest BCUT2D eigenvalue weighted by Crippen LogP contribution is 2.62. The van der Waals surface area contributed by atoms with Gasteiger partial charge in [0.15, 0.2) is 0 Å². The average Bonchev–Trinajstić information content (AvgIpc) is 2.52. The SMILES string of the molecule is CC(C)NC(=O)C(F)(F)C(F)(F)C(F)(F)C(F)(F)C(F)(F)C(F)(F)C(F)(F)C(F)F. The van der Waals surface area contributed by atoms with Gasteiger partial charge in [-0.05, 0) is 13.8 Å². The van der Waals surface area contributed by atoms with Gasteiger partial charge in [0.05, 0.1) is 0 Å². The first-order chi connectivity index (χ1) is 12.8. The van der Waals surface area contributed by atoms with Gasteiger partial charge in [0, 0.05) is 6.04 Å². The van der Waals surface area contributed by atoms with Crippen molar-refractivity contribution < 1.29 is 75.0 Å². The van der Waals surface area contributed by atoms with Crippen LogP contribution in [0.25, 0.3) is 0 Å². The molecule has 0 aliphatic rings. The summed E-state index contributed by atoms with van der Waals surface area (Å²) in [7, 11) is 0. The Labute approximate surface area is 155 Å². The summed E-state index contributed by atoms with van der Waals surface area (Å²) >= 11 is 0. The van der Waals surface area contributed by atoms with E-state index < -0.39 is 59.8 Å². The Hall–Kier alpha value is -1.65. The van der Waals surface area contributed by atoms with Gasteiger partial charge in [-0.25, -0.2) is 8.78 Å². The van der Waals surface area contributed by atoms with E-state index in [2.05, 4.69) is 0 Å². The topological polar surface area (TPSA) is 29.1 Å².